The normalized spacial score (nSPS) is 13.8. The van der Waals surface area contributed by atoms with Crippen molar-refractivity contribution in [1.82, 2.24) is 0 Å². The van der Waals surface area contributed by atoms with Crippen LogP contribution in [-0.4, -0.2) is 42.9 Å². The van der Waals surface area contributed by atoms with E-state index in [2.05, 4.69) is 32.5 Å². The Kier molecular flexibility index (Phi) is 5.15. The Hall–Kier alpha value is 2.00. The van der Waals surface area contributed by atoms with Crippen LogP contribution in [0.4, 0.5) is 0 Å². The first-order chi connectivity index (χ1) is 4.27. The molecule has 0 fully saturated rings. The molecule has 0 N–H and O–H groups in total. The molecule has 0 saturated carbocycles. The molecule has 0 spiro atoms. The first-order valence-corrected chi connectivity index (χ1v) is 24.5. The van der Waals surface area contributed by atoms with Gasteiger partial charge in [0.1, 0.15) is 0 Å². The minimum absolute atomic E-state index is 1.75. The summed E-state index contributed by atoms with van der Waals surface area (Å²) in [6.07, 6.45) is 0. The third-order valence-electron chi connectivity index (χ3n) is 0.980. The van der Waals surface area contributed by atoms with Crippen LogP contribution in [0.1, 0.15) is 0 Å². The summed E-state index contributed by atoms with van der Waals surface area (Å²) >= 11 is -1.03. The molecule has 0 aromatic carbocycles. The van der Waals surface area contributed by atoms with Crippen molar-refractivity contribution in [2.45, 2.75) is 19.8 Å². The number of hydrogen-bond donors (Lipinski definition) is 0. The van der Waals surface area contributed by atoms with Crippen LogP contribution in [0.5, 0.6) is 0 Å². The van der Waals surface area contributed by atoms with Crippen molar-refractivity contribution in [3.63, 3.8) is 0 Å². The second-order valence-electron chi connectivity index (χ2n) is 3.07. The first-order valence-electron chi connectivity index (χ1n) is 3.21. The van der Waals surface area contributed by atoms with E-state index in [9.17, 15) is 0 Å². The van der Waals surface area contributed by atoms with Crippen LogP contribution in [0.2, 0.25) is 19.8 Å². The van der Waals surface area contributed by atoms with E-state index in [4.69, 9.17) is 4.49 Å². The van der Waals surface area contributed by atoms with Crippen LogP contribution in [0, 0.1) is 0 Å². The molecule has 0 aliphatic carbocycles. The third kappa shape index (κ3) is 6.69. The zero-order valence-corrected chi connectivity index (χ0v) is 14.5. The SMILES string of the molecule is C[O][Sn]([CH3])([CH3])[O][Sn]([CH3])([CH3])[Br]. The van der Waals surface area contributed by atoms with Gasteiger partial charge >= 0.3 is 79.8 Å². The van der Waals surface area contributed by atoms with Gasteiger partial charge in [-0.25, -0.2) is 0 Å². The number of hydrogen-bond acceptors (Lipinski definition) is 2. The van der Waals surface area contributed by atoms with E-state index < -0.39 is 35.8 Å². The molecule has 0 aromatic heterocycles. The van der Waals surface area contributed by atoms with Crippen molar-refractivity contribution >= 4 is 48.5 Å². The van der Waals surface area contributed by atoms with Crippen molar-refractivity contribution in [2.24, 2.45) is 0 Å². The molecular weight excluding hydrogens is 409 g/mol. The van der Waals surface area contributed by atoms with Crippen LogP contribution in [0.15, 0.2) is 0 Å². The molecule has 0 bridgehead atoms. The van der Waals surface area contributed by atoms with Crippen LogP contribution >= 0.6 is 12.7 Å². The van der Waals surface area contributed by atoms with Gasteiger partial charge < -0.3 is 0 Å². The Balaban J connectivity index is 3.89. The summed E-state index contributed by atoms with van der Waals surface area (Å²) < 4.78 is 11.2. The van der Waals surface area contributed by atoms with Crippen molar-refractivity contribution < 1.29 is 4.49 Å². The molecule has 0 atom stereocenters. The van der Waals surface area contributed by atoms with E-state index in [1.54, 1.807) is 7.11 Å². The summed E-state index contributed by atoms with van der Waals surface area (Å²) in [5.41, 5.74) is 0. The standard InChI is InChI=1S/CH3O.4CH3.BrH.O.2Sn/c1-2;;;;;;;;/h1H3;4*1H3;1H;;;/q-1;;;;;;;2*+1/p-1. The topological polar surface area (TPSA) is 18.5 Å². The third-order valence-corrected chi connectivity index (χ3v) is 32.6. The molecule has 0 heterocycles. The second kappa shape index (κ2) is 4.30. The fraction of sp³-hybridized carbons (Fsp3) is 1.00. The Labute approximate surface area is 78.8 Å². The Morgan fingerprint density at radius 3 is 1.60 bits per heavy atom. The van der Waals surface area contributed by atoms with Crippen LogP contribution in [0.3, 0.4) is 0 Å². The Morgan fingerprint density at radius 1 is 1.10 bits per heavy atom. The quantitative estimate of drug-likeness (QED) is 0.648. The fourth-order valence-electron chi connectivity index (χ4n) is 0.626. The molecule has 5 heteroatoms. The van der Waals surface area contributed by atoms with Crippen LogP contribution in [-0.2, 0) is 4.49 Å². The fourth-order valence-corrected chi connectivity index (χ4v) is 45.7. The maximum absolute atomic E-state index is 5.89. The van der Waals surface area contributed by atoms with Crippen molar-refractivity contribution in [1.29, 1.82) is 0 Å². The van der Waals surface area contributed by atoms with E-state index in [-0.39, 0.29) is 0 Å². The zero-order chi connectivity index (χ0) is 8.41. The van der Waals surface area contributed by atoms with Gasteiger partial charge in [0, 0.05) is 0 Å². The van der Waals surface area contributed by atoms with Gasteiger partial charge in [-0.05, 0) is 0 Å². The molecule has 0 saturated heterocycles. The molecule has 0 radical (unpaired) electrons. The van der Waals surface area contributed by atoms with E-state index in [0.29, 0.717) is 0 Å². The molecule has 10 heavy (non-hydrogen) atoms. The van der Waals surface area contributed by atoms with Gasteiger partial charge in [-0.2, -0.15) is 0 Å². The molecule has 0 aromatic rings. The van der Waals surface area contributed by atoms with Crippen LogP contribution < -0.4 is 0 Å². The van der Waals surface area contributed by atoms with E-state index >= 15 is 0 Å². The van der Waals surface area contributed by atoms with E-state index in [1.165, 1.54) is 0 Å². The zero-order valence-electron chi connectivity index (χ0n) is 7.19. The van der Waals surface area contributed by atoms with E-state index in [1.807, 2.05) is 0 Å². The Morgan fingerprint density at radius 2 is 1.50 bits per heavy atom. The minimum atomic E-state index is -2.45. The predicted molar refractivity (Wildman–Crippen MR) is 52.0 cm³/mol. The summed E-state index contributed by atoms with van der Waals surface area (Å²) in [6, 6.07) is 0. The molecule has 2 nitrogen and oxygen atoms in total. The van der Waals surface area contributed by atoms with E-state index in [0.717, 1.165) is 0 Å². The molecular formula is C5H15BrO2Sn2. The summed E-state index contributed by atoms with van der Waals surface area (Å²) in [5, 5.41) is 0. The van der Waals surface area contributed by atoms with Gasteiger partial charge in [-0.1, -0.05) is 0 Å². The molecule has 0 aliphatic rings. The average Bonchev–Trinajstić information content (AvgIpc) is 1.60. The average molecular weight is 424 g/mol. The molecule has 0 amide bonds. The van der Waals surface area contributed by atoms with Crippen molar-refractivity contribution in [3.8, 4) is 0 Å². The molecule has 0 aliphatic heterocycles. The second-order valence-corrected chi connectivity index (χ2v) is 37.3. The van der Waals surface area contributed by atoms with Gasteiger partial charge in [-0.15, -0.1) is 0 Å². The van der Waals surface area contributed by atoms with Gasteiger partial charge in [0.05, 0.1) is 0 Å². The molecule has 0 rings (SSSR count). The Bertz CT molecular complexity index is 111. The van der Waals surface area contributed by atoms with Crippen molar-refractivity contribution in [2.75, 3.05) is 7.11 Å². The monoisotopic (exact) mass is 426 g/mol. The van der Waals surface area contributed by atoms with Gasteiger partial charge in [0.15, 0.2) is 0 Å². The predicted octanol–water partition coefficient (Wildman–Crippen LogP) is 2.45. The summed E-state index contributed by atoms with van der Waals surface area (Å²) in [4.78, 5) is 8.64. The van der Waals surface area contributed by atoms with Gasteiger partial charge in [-0.3, -0.25) is 0 Å². The summed E-state index contributed by atoms with van der Waals surface area (Å²) in [7, 11) is 1.75. The summed E-state index contributed by atoms with van der Waals surface area (Å²) in [5.74, 6) is 0. The van der Waals surface area contributed by atoms with Crippen molar-refractivity contribution in [3.05, 3.63) is 0 Å². The van der Waals surface area contributed by atoms with Gasteiger partial charge in [0.25, 0.3) is 0 Å². The summed E-state index contributed by atoms with van der Waals surface area (Å²) in [6.45, 7) is 0. The number of halogens is 1. The van der Waals surface area contributed by atoms with Crippen LogP contribution in [0.25, 0.3) is 0 Å². The number of rotatable bonds is 3. The molecule has 0 unspecified atom stereocenters. The van der Waals surface area contributed by atoms with Gasteiger partial charge in [0.2, 0.25) is 0 Å². The first kappa shape index (κ1) is 12.0. The maximum atomic E-state index is 5.89. The molecule has 62 valence electrons.